The predicted molar refractivity (Wildman–Crippen MR) is 84.0 cm³/mol. The maximum Gasteiger partial charge on any atom is 0.244 e. The number of piperazine rings is 1. The maximum atomic E-state index is 12.8. The monoisotopic (exact) mass is 361 g/mol. The molecule has 2 unspecified atom stereocenters. The first kappa shape index (κ1) is 15.8. The van der Waals surface area contributed by atoms with Crippen molar-refractivity contribution in [3.63, 3.8) is 0 Å². The largest absolute Gasteiger partial charge is 0.399 e. The highest BCUT2D eigenvalue weighted by Crippen LogP contribution is 2.29. The number of benzene rings is 1. The first-order valence-corrected chi connectivity index (χ1v) is 8.74. The van der Waals surface area contributed by atoms with Gasteiger partial charge in [-0.2, -0.15) is 4.31 Å². The fraction of sp³-hybridized carbons (Fsp3) is 0.538. The van der Waals surface area contributed by atoms with Gasteiger partial charge in [-0.05, 0) is 55.0 Å². The van der Waals surface area contributed by atoms with E-state index in [4.69, 9.17) is 5.73 Å². The van der Waals surface area contributed by atoms with E-state index in [1.54, 1.807) is 16.4 Å². The molecule has 1 saturated heterocycles. The summed E-state index contributed by atoms with van der Waals surface area (Å²) < 4.78 is 27.7. The van der Waals surface area contributed by atoms with Gasteiger partial charge in [0.1, 0.15) is 0 Å². The molecule has 1 aromatic rings. The molecule has 1 aliphatic heterocycles. The summed E-state index contributed by atoms with van der Waals surface area (Å²) in [5.74, 6) is 0. The van der Waals surface area contributed by atoms with Gasteiger partial charge in [0.2, 0.25) is 10.0 Å². The summed E-state index contributed by atoms with van der Waals surface area (Å²) in [6.45, 7) is 5.05. The van der Waals surface area contributed by atoms with E-state index in [9.17, 15) is 8.42 Å². The lowest BCUT2D eigenvalue weighted by Crippen LogP contribution is -2.56. The quantitative estimate of drug-likeness (QED) is 0.814. The summed E-state index contributed by atoms with van der Waals surface area (Å²) in [7, 11) is -1.50. The van der Waals surface area contributed by atoms with Crippen LogP contribution in [0.15, 0.2) is 27.6 Å². The average molecular weight is 362 g/mol. The molecule has 1 aliphatic rings. The number of anilines is 1. The van der Waals surface area contributed by atoms with Crippen molar-refractivity contribution in [2.45, 2.75) is 30.8 Å². The van der Waals surface area contributed by atoms with Gasteiger partial charge in [0.05, 0.1) is 4.90 Å². The van der Waals surface area contributed by atoms with Crippen LogP contribution < -0.4 is 5.73 Å². The second-order valence-corrected chi connectivity index (χ2v) is 8.14. The highest BCUT2D eigenvalue weighted by Gasteiger charge is 2.35. The van der Waals surface area contributed by atoms with Gasteiger partial charge in [-0.25, -0.2) is 8.42 Å². The third kappa shape index (κ3) is 2.86. The Balaban J connectivity index is 2.38. The van der Waals surface area contributed by atoms with E-state index in [0.29, 0.717) is 23.2 Å². The molecule has 0 amide bonds. The van der Waals surface area contributed by atoms with Crippen LogP contribution in [0.4, 0.5) is 5.69 Å². The van der Waals surface area contributed by atoms with E-state index in [1.165, 1.54) is 6.07 Å². The molecule has 0 bridgehead atoms. The molecule has 2 rings (SSSR count). The van der Waals surface area contributed by atoms with Gasteiger partial charge in [0.15, 0.2) is 0 Å². The van der Waals surface area contributed by atoms with Crippen molar-refractivity contribution in [2.75, 3.05) is 25.9 Å². The van der Waals surface area contributed by atoms with Crippen LogP contribution in [0.5, 0.6) is 0 Å². The van der Waals surface area contributed by atoms with Crippen molar-refractivity contribution in [1.82, 2.24) is 9.21 Å². The van der Waals surface area contributed by atoms with Gasteiger partial charge in [-0.1, -0.05) is 0 Å². The molecule has 0 aliphatic carbocycles. The number of nitrogens with zero attached hydrogens (tertiary/aromatic N) is 2. The van der Waals surface area contributed by atoms with Gasteiger partial charge >= 0.3 is 0 Å². The van der Waals surface area contributed by atoms with Gasteiger partial charge in [0, 0.05) is 35.3 Å². The smallest absolute Gasteiger partial charge is 0.244 e. The van der Waals surface area contributed by atoms with E-state index in [-0.39, 0.29) is 17.0 Å². The Morgan fingerprint density at radius 2 is 1.80 bits per heavy atom. The zero-order valence-corrected chi connectivity index (χ0v) is 14.3. The number of hydrogen-bond acceptors (Lipinski definition) is 4. The molecular formula is C13H20BrN3O2S. The lowest BCUT2D eigenvalue weighted by Gasteiger charge is -2.41. The number of halogens is 1. The minimum atomic E-state index is -3.52. The minimum absolute atomic E-state index is 0.188. The van der Waals surface area contributed by atoms with Crippen LogP contribution in [-0.4, -0.2) is 49.8 Å². The average Bonchev–Trinajstić information content (AvgIpc) is 2.38. The molecule has 5 nitrogen and oxygen atoms in total. The molecule has 0 aromatic heterocycles. The Kier molecular flexibility index (Phi) is 4.44. The van der Waals surface area contributed by atoms with Crippen LogP contribution in [0.25, 0.3) is 0 Å². The molecule has 7 heteroatoms. The highest BCUT2D eigenvalue weighted by molar-refractivity contribution is 9.10. The summed E-state index contributed by atoms with van der Waals surface area (Å²) in [6, 6.07) is 5.23. The van der Waals surface area contributed by atoms with Crippen molar-refractivity contribution < 1.29 is 8.42 Å². The summed E-state index contributed by atoms with van der Waals surface area (Å²) >= 11 is 3.30. The Morgan fingerprint density at radius 1 is 1.25 bits per heavy atom. The lowest BCUT2D eigenvalue weighted by molar-refractivity contribution is 0.105. The molecule has 2 atom stereocenters. The Bertz CT molecular complexity index is 594. The Labute approximate surface area is 128 Å². The third-order valence-electron chi connectivity index (χ3n) is 3.90. The SMILES string of the molecule is CC1CN(S(=O)(=O)c2cc(N)ccc2Br)CC(C)N1C. The van der Waals surface area contributed by atoms with E-state index >= 15 is 0 Å². The summed E-state index contributed by atoms with van der Waals surface area (Å²) in [6.07, 6.45) is 0. The number of hydrogen-bond donors (Lipinski definition) is 1. The Hall–Kier alpha value is -0.630. The molecule has 1 heterocycles. The van der Waals surface area contributed by atoms with Crippen LogP contribution in [0, 0.1) is 0 Å². The number of nitrogen functional groups attached to an aromatic ring is 1. The molecule has 2 N–H and O–H groups in total. The fourth-order valence-electron chi connectivity index (χ4n) is 2.41. The molecule has 0 spiro atoms. The minimum Gasteiger partial charge on any atom is -0.399 e. The summed E-state index contributed by atoms with van der Waals surface area (Å²) in [5, 5.41) is 0. The second kappa shape index (κ2) is 5.63. The Morgan fingerprint density at radius 3 is 2.35 bits per heavy atom. The standard InChI is InChI=1S/C13H20BrN3O2S/c1-9-7-17(8-10(2)16(9)3)20(18,19)13-6-11(15)4-5-12(13)14/h4-6,9-10H,7-8,15H2,1-3H3. The fourth-order valence-corrected chi connectivity index (χ4v) is 4.97. The lowest BCUT2D eigenvalue weighted by atomic mass is 10.1. The van der Waals surface area contributed by atoms with E-state index in [1.807, 2.05) is 20.9 Å². The predicted octanol–water partition coefficient (Wildman–Crippen LogP) is 1.74. The van der Waals surface area contributed by atoms with Crippen molar-refractivity contribution in [3.8, 4) is 0 Å². The van der Waals surface area contributed by atoms with Gasteiger partial charge in [-0.3, -0.25) is 4.90 Å². The maximum absolute atomic E-state index is 12.8. The molecule has 1 fully saturated rings. The van der Waals surface area contributed by atoms with Gasteiger partial charge in [0.25, 0.3) is 0 Å². The number of sulfonamides is 1. The van der Waals surface area contributed by atoms with Crippen LogP contribution in [0.1, 0.15) is 13.8 Å². The molecule has 0 saturated carbocycles. The van der Waals surface area contributed by atoms with Crippen LogP contribution >= 0.6 is 15.9 Å². The summed E-state index contributed by atoms with van der Waals surface area (Å²) in [5.41, 5.74) is 6.16. The zero-order valence-electron chi connectivity index (χ0n) is 11.9. The molecule has 112 valence electrons. The molecule has 0 radical (unpaired) electrons. The number of rotatable bonds is 2. The molecular weight excluding hydrogens is 342 g/mol. The normalized spacial score (nSPS) is 25.8. The van der Waals surface area contributed by atoms with Crippen molar-refractivity contribution in [3.05, 3.63) is 22.7 Å². The first-order chi connectivity index (χ1) is 9.23. The van der Waals surface area contributed by atoms with Crippen molar-refractivity contribution in [2.24, 2.45) is 0 Å². The third-order valence-corrected chi connectivity index (χ3v) is 6.72. The number of likely N-dealkylation sites (N-methyl/N-ethyl adjacent to an activating group) is 1. The molecule has 1 aromatic carbocycles. The van der Waals surface area contributed by atoms with Crippen molar-refractivity contribution in [1.29, 1.82) is 0 Å². The van der Waals surface area contributed by atoms with Gasteiger partial charge < -0.3 is 5.73 Å². The zero-order chi connectivity index (χ0) is 15.1. The van der Waals surface area contributed by atoms with Crippen LogP contribution in [0.3, 0.4) is 0 Å². The van der Waals surface area contributed by atoms with Crippen LogP contribution in [0.2, 0.25) is 0 Å². The summed E-state index contributed by atoms with van der Waals surface area (Å²) in [4.78, 5) is 2.43. The topological polar surface area (TPSA) is 66.6 Å². The molecule has 20 heavy (non-hydrogen) atoms. The van der Waals surface area contributed by atoms with E-state index < -0.39 is 10.0 Å². The second-order valence-electron chi connectivity index (χ2n) is 5.38. The van der Waals surface area contributed by atoms with E-state index in [0.717, 1.165) is 0 Å². The first-order valence-electron chi connectivity index (χ1n) is 6.50. The van der Waals surface area contributed by atoms with Crippen LogP contribution in [-0.2, 0) is 10.0 Å². The van der Waals surface area contributed by atoms with E-state index in [2.05, 4.69) is 20.8 Å². The van der Waals surface area contributed by atoms with Gasteiger partial charge in [-0.15, -0.1) is 0 Å². The number of nitrogens with two attached hydrogens (primary N) is 1. The highest BCUT2D eigenvalue weighted by atomic mass is 79.9. The van der Waals surface area contributed by atoms with Crippen molar-refractivity contribution >= 4 is 31.6 Å².